The molecule has 2 rings (SSSR count). The van der Waals surface area contributed by atoms with Crippen LogP contribution in [-0.4, -0.2) is 16.5 Å². The van der Waals surface area contributed by atoms with Crippen LogP contribution in [0.3, 0.4) is 0 Å². The second-order valence-electron chi connectivity index (χ2n) is 3.29. The fraction of sp³-hybridized carbons (Fsp3) is 0.273. The first-order chi connectivity index (χ1) is 7.79. The van der Waals surface area contributed by atoms with Crippen molar-refractivity contribution < 1.29 is 0 Å². The van der Waals surface area contributed by atoms with Gasteiger partial charge in [0, 0.05) is 18.1 Å². The molecule has 5 heteroatoms. The number of aromatic nitrogens is 2. The van der Waals surface area contributed by atoms with Gasteiger partial charge in [-0.1, -0.05) is 6.07 Å². The predicted octanol–water partition coefficient (Wildman–Crippen LogP) is 3.33. The van der Waals surface area contributed by atoms with Gasteiger partial charge in [0.2, 0.25) is 0 Å². The smallest absolute Gasteiger partial charge is 0.186 e. The molecule has 0 saturated carbocycles. The van der Waals surface area contributed by atoms with Gasteiger partial charge in [-0.15, -0.1) is 11.3 Å². The van der Waals surface area contributed by atoms with Gasteiger partial charge in [-0.25, -0.2) is 4.98 Å². The predicted molar refractivity (Wildman–Crippen MR) is 70.8 cm³/mol. The summed E-state index contributed by atoms with van der Waals surface area (Å²) in [7, 11) is 0. The molecule has 0 aliphatic heterocycles. The van der Waals surface area contributed by atoms with Crippen LogP contribution in [0.4, 0.5) is 5.13 Å². The first kappa shape index (κ1) is 11.5. The average molecular weight is 298 g/mol. The Morgan fingerprint density at radius 1 is 1.44 bits per heavy atom. The maximum atomic E-state index is 4.41. The van der Waals surface area contributed by atoms with Crippen LogP contribution < -0.4 is 4.90 Å². The number of hydrogen-bond donors (Lipinski definition) is 0. The Balaban J connectivity index is 2.12. The molecular formula is C11H12BrN3S. The van der Waals surface area contributed by atoms with E-state index in [4.69, 9.17) is 0 Å². The second-order valence-corrected chi connectivity index (χ2v) is 4.94. The quantitative estimate of drug-likeness (QED) is 0.867. The van der Waals surface area contributed by atoms with Crippen molar-refractivity contribution in [2.24, 2.45) is 0 Å². The third kappa shape index (κ3) is 2.80. The zero-order valence-electron chi connectivity index (χ0n) is 8.93. The van der Waals surface area contributed by atoms with Gasteiger partial charge >= 0.3 is 0 Å². The van der Waals surface area contributed by atoms with Crippen LogP contribution in [0.1, 0.15) is 12.6 Å². The van der Waals surface area contributed by atoms with Crippen LogP contribution in [0, 0.1) is 0 Å². The fourth-order valence-corrected chi connectivity index (χ4v) is 2.71. The van der Waals surface area contributed by atoms with Crippen molar-refractivity contribution >= 4 is 32.4 Å². The molecule has 2 heterocycles. The third-order valence-corrected chi connectivity index (χ3v) is 3.81. The van der Waals surface area contributed by atoms with Gasteiger partial charge in [-0.3, -0.25) is 4.98 Å². The van der Waals surface area contributed by atoms with Gasteiger partial charge in [0.25, 0.3) is 0 Å². The van der Waals surface area contributed by atoms with Gasteiger partial charge in [0.15, 0.2) is 5.13 Å². The molecular weight excluding hydrogens is 286 g/mol. The molecule has 0 atom stereocenters. The second kappa shape index (κ2) is 5.41. The third-order valence-electron chi connectivity index (χ3n) is 2.20. The molecule has 2 aromatic heterocycles. The summed E-state index contributed by atoms with van der Waals surface area (Å²) in [5, 5.41) is 3.02. The van der Waals surface area contributed by atoms with Crippen LogP contribution in [0.2, 0.25) is 0 Å². The van der Waals surface area contributed by atoms with Crippen molar-refractivity contribution in [2.75, 3.05) is 11.4 Å². The van der Waals surface area contributed by atoms with Gasteiger partial charge < -0.3 is 4.90 Å². The number of rotatable bonds is 4. The van der Waals surface area contributed by atoms with Gasteiger partial charge in [0.05, 0.1) is 12.2 Å². The highest BCUT2D eigenvalue weighted by Crippen LogP contribution is 2.24. The van der Waals surface area contributed by atoms with Gasteiger partial charge in [0.1, 0.15) is 4.60 Å². The summed E-state index contributed by atoms with van der Waals surface area (Å²) < 4.78 is 0.895. The van der Waals surface area contributed by atoms with Crippen LogP contribution in [0.5, 0.6) is 0 Å². The zero-order chi connectivity index (χ0) is 11.4. The molecule has 2 aromatic rings. The average Bonchev–Trinajstić information content (AvgIpc) is 2.74. The lowest BCUT2D eigenvalue weighted by atomic mass is 10.3. The van der Waals surface area contributed by atoms with Crippen LogP contribution >= 0.6 is 27.3 Å². The number of halogens is 1. The van der Waals surface area contributed by atoms with E-state index in [-0.39, 0.29) is 0 Å². The molecule has 0 radical (unpaired) electrons. The lowest BCUT2D eigenvalue weighted by Gasteiger charge is -2.18. The Morgan fingerprint density at radius 2 is 2.31 bits per heavy atom. The molecule has 0 aliphatic carbocycles. The van der Waals surface area contributed by atoms with Gasteiger partial charge in [-0.2, -0.15) is 0 Å². The molecule has 16 heavy (non-hydrogen) atoms. The summed E-state index contributed by atoms with van der Waals surface area (Å²) in [6.07, 6.45) is 1.82. The van der Waals surface area contributed by atoms with Crippen molar-refractivity contribution in [3.8, 4) is 0 Å². The molecule has 0 bridgehead atoms. The molecule has 0 fully saturated rings. The van der Waals surface area contributed by atoms with E-state index >= 15 is 0 Å². The molecule has 0 N–H and O–H groups in total. The first-order valence-corrected chi connectivity index (χ1v) is 6.72. The largest absolute Gasteiger partial charge is 0.342 e. The Morgan fingerprint density at radius 3 is 2.88 bits per heavy atom. The van der Waals surface area contributed by atoms with Crippen LogP contribution in [0.15, 0.2) is 34.4 Å². The molecule has 0 aliphatic rings. The minimum absolute atomic E-state index is 0.803. The molecule has 0 unspecified atom stereocenters. The van der Waals surface area contributed by atoms with E-state index in [0.29, 0.717) is 0 Å². The molecule has 0 spiro atoms. The number of hydrogen-bond acceptors (Lipinski definition) is 4. The normalized spacial score (nSPS) is 10.4. The highest BCUT2D eigenvalue weighted by Gasteiger charge is 2.09. The summed E-state index contributed by atoms with van der Waals surface area (Å²) in [5.74, 6) is 0. The van der Waals surface area contributed by atoms with Crippen molar-refractivity contribution in [1.29, 1.82) is 0 Å². The molecule has 3 nitrogen and oxygen atoms in total. The summed E-state index contributed by atoms with van der Waals surface area (Å²) in [6.45, 7) is 3.85. The summed E-state index contributed by atoms with van der Waals surface area (Å²) >= 11 is 5.01. The van der Waals surface area contributed by atoms with E-state index < -0.39 is 0 Å². The van der Waals surface area contributed by atoms with E-state index in [1.807, 2.05) is 29.8 Å². The van der Waals surface area contributed by atoms with E-state index in [1.165, 1.54) is 0 Å². The molecule has 0 saturated heterocycles. The SMILES string of the molecule is CCN(Cc1ccccn1)c1nc(Br)cs1. The Labute approximate surface area is 107 Å². The van der Waals surface area contributed by atoms with Crippen molar-refractivity contribution in [2.45, 2.75) is 13.5 Å². The standard InChI is InChI=1S/C11H12BrN3S/c1-2-15(11-14-10(12)8-16-11)7-9-5-3-4-6-13-9/h3-6,8H,2,7H2,1H3. The topological polar surface area (TPSA) is 29.0 Å². The Hall–Kier alpha value is -0.940. The van der Waals surface area contributed by atoms with Gasteiger partial charge in [-0.05, 0) is 35.0 Å². The Bertz CT molecular complexity index is 444. The van der Waals surface area contributed by atoms with E-state index in [0.717, 1.165) is 28.5 Å². The van der Waals surface area contributed by atoms with E-state index in [1.54, 1.807) is 11.3 Å². The van der Waals surface area contributed by atoms with E-state index in [9.17, 15) is 0 Å². The minimum Gasteiger partial charge on any atom is -0.342 e. The summed E-state index contributed by atoms with van der Waals surface area (Å²) in [4.78, 5) is 10.9. The maximum Gasteiger partial charge on any atom is 0.186 e. The molecule has 0 aromatic carbocycles. The number of pyridine rings is 1. The molecule has 0 amide bonds. The first-order valence-electron chi connectivity index (χ1n) is 5.05. The van der Waals surface area contributed by atoms with Crippen LogP contribution in [0.25, 0.3) is 0 Å². The van der Waals surface area contributed by atoms with Crippen molar-refractivity contribution in [3.05, 3.63) is 40.1 Å². The van der Waals surface area contributed by atoms with Crippen molar-refractivity contribution in [3.63, 3.8) is 0 Å². The summed E-state index contributed by atoms with van der Waals surface area (Å²) in [5.41, 5.74) is 1.07. The molecule has 84 valence electrons. The zero-order valence-corrected chi connectivity index (χ0v) is 11.3. The lowest BCUT2D eigenvalue weighted by molar-refractivity contribution is 0.804. The Kier molecular flexibility index (Phi) is 3.90. The van der Waals surface area contributed by atoms with Crippen molar-refractivity contribution in [1.82, 2.24) is 9.97 Å². The minimum atomic E-state index is 0.803. The van der Waals surface area contributed by atoms with E-state index in [2.05, 4.69) is 37.7 Å². The number of anilines is 1. The summed E-state index contributed by atoms with van der Waals surface area (Å²) in [6, 6.07) is 5.97. The monoisotopic (exact) mass is 297 g/mol. The maximum absolute atomic E-state index is 4.41. The highest BCUT2D eigenvalue weighted by atomic mass is 79.9. The van der Waals surface area contributed by atoms with Crippen LogP contribution in [-0.2, 0) is 6.54 Å². The fourth-order valence-electron chi connectivity index (χ4n) is 1.39. The highest BCUT2D eigenvalue weighted by molar-refractivity contribution is 9.10. The number of nitrogens with zero attached hydrogens (tertiary/aromatic N) is 3. The lowest BCUT2D eigenvalue weighted by Crippen LogP contribution is -2.22. The number of thiazole rings is 1.